The van der Waals surface area contributed by atoms with Crippen molar-refractivity contribution in [3.05, 3.63) is 59.8 Å². The summed E-state index contributed by atoms with van der Waals surface area (Å²) < 4.78 is 0. The molecule has 1 aliphatic carbocycles. The molecule has 0 saturated carbocycles. The average molecular weight is 292 g/mol. The number of nitrogens with two attached hydrogens (primary N) is 1. The van der Waals surface area contributed by atoms with E-state index in [0.717, 1.165) is 21.5 Å². The Kier molecular flexibility index (Phi) is 3.08. The normalized spacial score (nSPS) is 13.5. The summed E-state index contributed by atoms with van der Waals surface area (Å²) >= 11 is 1.74. The van der Waals surface area contributed by atoms with Gasteiger partial charge in [0.15, 0.2) is 0 Å². The van der Waals surface area contributed by atoms with Gasteiger partial charge in [-0.3, -0.25) is 4.98 Å². The average Bonchev–Trinajstić information content (AvgIpc) is 2.98. The molecule has 0 saturated heterocycles. The number of rotatable bonds is 2. The van der Waals surface area contributed by atoms with Crippen LogP contribution in [0.4, 0.5) is 5.69 Å². The van der Waals surface area contributed by atoms with Crippen molar-refractivity contribution in [1.29, 1.82) is 0 Å². The number of hydrogen-bond donors (Lipinski definition) is 1. The fraction of sp³-hybridized carbons (Fsp3) is 0.167. The van der Waals surface area contributed by atoms with Gasteiger partial charge in [0.2, 0.25) is 0 Å². The number of benzene rings is 2. The van der Waals surface area contributed by atoms with Crippen LogP contribution in [-0.4, -0.2) is 4.98 Å². The SMILES string of the molecule is Nc1c(Sc2ccc3c(c2)CCC3)ccc2ncccc12. The number of pyridine rings is 1. The zero-order valence-corrected chi connectivity index (χ0v) is 12.5. The van der Waals surface area contributed by atoms with Gasteiger partial charge in [-0.15, -0.1) is 0 Å². The summed E-state index contributed by atoms with van der Waals surface area (Å²) in [5.74, 6) is 0. The molecule has 1 heterocycles. The van der Waals surface area contributed by atoms with Crippen molar-refractivity contribution in [2.75, 3.05) is 5.73 Å². The molecule has 2 N–H and O–H groups in total. The van der Waals surface area contributed by atoms with E-state index in [1.807, 2.05) is 18.2 Å². The quantitative estimate of drug-likeness (QED) is 0.709. The Morgan fingerprint density at radius 2 is 1.90 bits per heavy atom. The Morgan fingerprint density at radius 1 is 1.00 bits per heavy atom. The fourth-order valence-corrected chi connectivity index (χ4v) is 3.93. The molecule has 4 rings (SSSR count). The number of aromatic nitrogens is 1. The number of aryl methyl sites for hydroxylation is 2. The van der Waals surface area contributed by atoms with Crippen LogP contribution in [0.2, 0.25) is 0 Å². The van der Waals surface area contributed by atoms with Crippen LogP contribution < -0.4 is 5.73 Å². The van der Waals surface area contributed by atoms with Crippen molar-refractivity contribution in [1.82, 2.24) is 4.98 Å². The molecule has 0 amide bonds. The van der Waals surface area contributed by atoms with Crippen LogP contribution in [0.3, 0.4) is 0 Å². The fourth-order valence-electron chi connectivity index (χ4n) is 2.98. The summed E-state index contributed by atoms with van der Waals surface area (Å²) in [5, 5.41) is 1.03. The first-order valence-corrected chi connectivity index (χ1v) is 8.06. The van der Waals surface area contributed by atoms with Crippen LogP contribution >= 0.6 is 11.8 Å². The van der Waals surface area contributed by atoms with Crippen molar-refractivity contribution in [3.8, 4) is 0 Å². The summed E-state index contributed by atoms with van der Waals surface area (Å²) in [6.07, 6.45) is 5.52. The molecule has 0 fully saturated rings. The number of fused-ring (bicyclic) bond motifs is 2. The van der Waals surface area contributed by atoms with E-state index >= 15 is 0 Å². The summed E-state index contributed by atoms with van der Waals surface area (Å²) in [5.41, 5.74) is 11.1. The summed E-state index contributed by atoms with van der Waals surface area (Å²) in [6.45, 7) is 0. The van der Waals surface area contributed by atoms with Gasteiger partial charge in [-0.05, 0) is 66.8 Å². The zero-order chi connectivity index (χ0) is 14.2. The van der Waals surface area contributed by atoms with Gasteiger partial charge < -0.3 is 5.73 Å². The molecule has 0 unspecified atom stereocenters. The molecular weight excluding hydrogens is 276 g/mol. The lowest BCUT2D eigenvalue weighted by atomic mass is 10.1. The predicted octanol–water partition coefficient (Wildman–Crippen LogP) is 4.46. The smallest absolute Gasteiger partial charge is 0.0723 e. The number of anilines is 1. The van der Waals surface area contributed by atoms with Crippen LogP contribution in [0.25, 0.3) is 10.9 Å². The minimum absolute atomic E-state index is 0.825. The molecule has 0 bridgehead atoms. The minimum Gasteiger partial charge on any atom is -0.397 e. The maximum atomic E-state index is 6.32. The Balaban J connectivity index is 1.72. The monoisotopic (exact) mass is 292 g/mol. The second-order valence-corrected chi connectivity index (χ2v) is 6.55. The Hall–Kier alpha value is -2.00. The maximum Gasteiger partial charge on any atom is 0.0723 e. The van der Waals surface area contributed by atoms with Crippen LogP contribution in [0.5, 0.6) is 0 Å². The summed E-state index contributed by atoms with van der Waals surface area (Å²) in [6, 6.07) is 14.9. The molecule has 0 spiro atoms. The van der Waals surface area contributed by atoms with E-state index < -0.39 is 0 Å². The van der Waals surface area contributed by atoms with E-state index in [0.29, 0.717) is 0 Å². The maximum absolute atomic E-state index is 6.32. The second kappa shape index (κ2) is 5.08. The first kappa shape index (κ1) is 12.7. The topological polar surface area (TPSA) is 38.9 Å². The van der Waals surface area contributed by atoms with Crippen molar-refractivity contribution in [2.45, 2.75) is 29.1 Å². The highest BCUT2D eigenvalue weighted by Crippen LogP contribution is 2.37. The van der Waals surface area contributed by atoms with Crippen molar-refractivity contribution in [2.24, 2.45) is 0 Å². The third kappa shape index (κ3) is 2.28. The number of hydrogen-bond acceptors (Lipinski definition) is 3. The van der Waals surface area contributed by atoms with Gasteiger partial charge in [0.25, 0.3) is 0 Å². The zero-order valence-electron chi connectivity index (χ0n) is 11.7. The standard InChI is InChI=1S/C18H16N2S/c19-18-15-5-2-10-20-16(15)8-9-17(18)21-14-7-6-12-3-1-4-13(12)11-14/h2,5-11H,1,3-4,19H2. The second-order valence-electron chi connectivity index (χ2n) is 5.43. The van der Waals surface area contributed by atoms with E-state index in [1.165, 1.54) is 35.3 Å². The van der Waals surface area contributed by atoms with E-state index in [9.17, 15) is 0 Å². The molecule has 0 radical (unpaired) electrons. The molecular formula is C18H16N2S. The van der Waals surface area contributed by atoms with Gasteiger partial charge in [-0.1, -0.05) is 17.8 Å². The third-order valence-corrected chi connectivity index (χ3v) is 5.15. The molecule has 1 aromatic heterocycles. The molecule has 21 heavy (non-hydrogen) atoms. The van der Waals surface area contributed by atoms with Crippen LogP contribution in [0.15, 0.2) is 58.5 Å². The van der Waals surface area contributed by atoms with Gasteiger partial charge in [-0.2, -0.15) is 0 Å². The Morgan fingerprint density at radius 3 is 2.86 bits per heavy atom. The van der Waals surface area contributed by atoms with Gasteiger partial charge in [-0.25, -0.2) is 0 Å². The predicted molar refractivity (Wildman–Crippen MR) is 88.7 cm³/mol. The lowest BCUT2D eigenvalue weighted by molar-refractivity contribution is 0.911. The Labute approximate surface area is 128 Å². The van der Waals surface area contributed by atoms with Gasteiger partial charge in [0.05, 0.1) is 11.2 Å². The first-order valence-electron chi connectivity index (χ1n) is 7.24. The molecule has 0 atom stereocenters. The van der Waals surface area contributed by atoms with Gasteiger partial charge >= 0.3 is 0 Å². The summed E-state index contributed by atoms with van der Waals surface area (Å²) in [7, 11) is 0. The molecule has 3 heteroatoms. The molecule has 2 nitrogen and oxygen atoms in total. The highest BCUT2D eigenvalue weighted by atomic mass is 32.2. The van der Waals surface area contributed by atoms with Crippen molar-refractivity contribution >= 4 is 28.4 Å². The van der Waals surface area contributed by atoms with Crippen LogP contribution in [0, 0.1) is 0 Å². The van der Waals surface area contributed by atoms with Crippen molar-refractivity contribution in [3.63, 3.8) is 0 Å². The lowest BCUT2D eigenvalue weighted by Gasteiger charge is -2.09. The van der Waals surface area contributed by atoms with Crippen LogP contribution in [0.1, 0.15) is 17.5 Å². The number of nitrogen functional groups attached to an aromatic ring is 1. The van der Waals surface area contributed by atoms with Crippen LogP contribution in [-0.2, 0) is 12.8 Å². The van der Waals surface area contributed by atoms with E-state index in [1.54, 1.807) is 18.0 Å². The number of nitrogens with zero attached hydrogens (tertiary/aromatic N) is 1. The lowest BCUT2D eigenvalue weighted by Crippen LogP contribution is -1.92. The minimum atomic E-state index is 0.825. The van der Waals surface area contributed by atoms with Gasteiger partial charge in [0, 0.05) is 21.4 Å². The van der Waals surface area contributed by atoms with E-state index in [4.69, 9.17) is 5.73 Å². The molecule has 3 aromatic rings. The van der Waals surface area contributed by atoms with Crippen molar-refractivity contribution < 1.29 is 0 Å². The highest BCUT2D eigenvalue weighted by molar-refractivity contribution is 7.99. The molecule has 2 aromatic carbocycles. The highest BCUT2D eigenvalue weighted by Gasteiger charge is 2.12. The van der Waals surface area contributed by atoms with E-state index in [-0.39, 0.29) is 0 Å². The molecule has 0 aliphatic heterocycles. The first-order chi connectivity index (χ1) is 10.3. The largest absolute Gasteiger partial charge is 0.397 e. The summed E-state index contributed by atoms with van der Waals surface area (Å²) in [4.78, 5) is 6.72. The van der Waals surface area contributed by atoms with Gasteiger partial charge in [0.1, 0.15) is 0 Å². The molecule has 1 aliphatic rings. The van der Waals surface area contributed by atoms with E-state index in [2.05, 4.69) is 29.2 Å². The Bertz CT molecular complexity index is 827. The third-order valence-electron chi connectivity index (χ3n) is 4.08. The molecule has 104 valence electrons.